The largest absolute Gasteiger partial charge is 0.457 e. The third-order valence-electron chi connectivity index (χ3n) is 2.80. The lowest BCUT2D eigenvalue weighted by Crippen LogP contribution is -2.20. The van der Waals surface area contributed by atoms with E-state index in [1.165, 1.54) is 5.56 Å². The van der Waals surface area contributed by atoms with Crippen LogP contribution in [0.2, 0.25) is 0 Å². The summed E-state index contributed by atoms with van der Waals surface area (Å²) in [4.78, 5) is 0. The van der Waals surface area contributed by atoms with Crippen molar-refractivity contribution in [1.82, 2.24) is 0 Å². The maximum atomic E-state index is 5.90. The van der Waals surface area contributed by atoms with Crippen molar-refractivity contribution >= 4 is 0 Å². The number of rotatable bonds is 4. The molecule has 0 spiro atoms. The van der Waals surface area contributed by atoms with Gasteiger partial charge in [0.25, 0.3) is 0 Å². The van der Waals surface area contributed by atoms with Crippen molar-refractivity contribution in [2.75, 3.05) is 6.54 Å². The quantitative estimate of drug-likeness (QED) is 0.866. The molecule has 0 amide bonds. The Balaban J connectivity index is 2.16. The Kier molecular flexibility index (Phi) is 3.97. The minimum atomic E-state index is -0.147. The molecule has 4 N–H and O–H groups in total. The minimum Gasteiger partial charge on any atom is -0.457 e. The van der Waals surface area contributed by atoms with Gasteiger partial charge in [0.1, 0.15) is 11.5 Å². The number of ether oxygens (including phenoxy) is 1. The van der Waals surface area contributed by atoms with E-state index in [1.807, 2.05) is 55.5 Å². The van der Waals surface area contributed by atoms with Crippen LogP contribution in [0.15, 0.2) is 48.5 Å². The zero-order valence-electron chi connectivity index (χ0n) is 10.5. The second kappa shape index (κ2) is 5.67. The van der Waals surface area contributed by atoms with Crippen LogP contribution in [0.1, 0.15) is 17.2 Å². The van der Waals surface area contributed by atoms with E-state index < -0.39 is 0 Å². The maximum Gasteiger partial charge on any atom is 0.127 e. The van der Waals surface area contributed by atoms with Gasteiger partial charge in [-0.05, 0) is 36.8 Å². The number of benzene rings is 2. The van der Waals surface area contributed by atoms with E-state index in [4.69, 9.17) is 16.2 Å². The van der Waals surface area contributed by atoms with Crippen LogP contribution in [0.25, 0.3) is 0 Å². The van der Waals surface area contributed by atoms with Gasteiger partial charge in [-0.3, -0.25) is 0 Å². The molecule has 2 aromatic rings. The predicted octanol–water partition coefficient (Wildman–Crippen LogP) is 2.75. The molecule has 1 unspecified atom stereocenters. The van der Waals surface area contributed by atoms with Crippen LogP contribution in [0, 0.1) is 6.92 Å². The Morgan fingerprint density at radius 3 is 2.44 bits per heavy atom. The van der Waals surface area contributed by atoms with Gasteiger partial charge in [0.05, 0.1) is 0 Å². The number of hydrogen-bond donors (Lipinski definition) is 2. The van der Waals surface area contributed by atoms with Crippen molar-refractivity contribution in [2.24, 2.45) is 11.5 Å². The molecule has 0 aliphatic heterocycles. The van der Waals surface area contributed by atoms with Gasteiger partial charge in [-0.1, -0.05) is 29.8 Å². The summed E-state index contributed by atoms with van der Waals surface area (Å²) >= 11 is 0. The highest BCUT2D eigenvalue weighted by atomic mass is 16.5. The van der Waals surface area contributed by atoms with Crippen molar-refractivity contribution in [3.05, 3.63) is 59.7 Å². The van der Waals surface area contributed by atoms with Gasteiger partial charge in [-0.25, -0.2) is 0 Å². The Morgan fingerprint density at radius 2 is 1.78 bits per heavy atom. The molecule has 3 nitrogen and oxygen atoms in total. The normalized spacial score (nSPS) is 12.2. The molecule has 0 bridgehead atoms. The first kappa shape index (κ1) is 12.6. The van der Waals surface area contributed by atoms with Crippen LogP contribution >= 0.6 is 0 Å². The van der Waals surface area contributed by atoms with Gasteiger partial charge in [-0.2, -0.15) is 0 Å². The first-order valence-corrected chi connectivity index (χ1v) is 5.99. The van der Waals surface area contributed by atoms with E-state index in [1.54, 1.807) is 0 Å². The van der Waals surface area contributed by atoms with Gasteiger partial charge in [-0.15, -0.1) is 0 Å². The van der Waals surface area contributed by atoms with Crippen LogP contribution in [-0.4, -0.2) is 6.54 Å². The van der Waals surface area contributed by atoms with E-state index in [-0.39, 0.29) is 6.04 Å². The molecule has 0 aliphatic carbocycles. The van der Waals surface area contributed by atoms with Crippen LogP contribution in [0.4, 0.5) is 0 Å². The Morgan fingerprint density at radius 1 is 1.06 bits per heavy atom. The lowest BCUT2D eigenvalue weighted by Gasteiger charge is -2.11. The Hall–Kier alpha value is -1.84. The van der Waals surface area contributed by atoms with Crippen LogP contribution in [0.3, 0.4) is 0 Å². The smallest absolute Gasteiger partial charge is 0.127 e. The number of aryl methyl sites for hydroxylation is 1. The molecule has 0 aliphatic rings. The molecule has 2 aromatic carbocycles. The SMILES string of the molecule is Cc1ccc(Oc2cccc(C(N)CN)c2)cc1. The van der Waals surface area contributed by atoms with Crippen LogP contribution in [-0.2, 0) is 0 Å². The van der Waals surface area contributed by atoms with Gasteiger partial charge in [0, 0.05) is 12.6 Å². The molecule has 0 saturated carbocycles. The Bertz CT molecular complexity index is 508. The highest BCUT2D eigenvalue weighted by Gasteiger charge is 2.05. The Labute approximate surface area is 107 Å². The summed E-state index contributed by atoms with van der Waals surface area (Å²) in [6.45, 7) is 2.47. The molecule has 0 fully saturated rings. The fraction of sp³-hybridized carbons (Fsp3) is 0.200. The molecule has 94 valence electrons. The predicted molar refractivity (Wildman–Crippen MR) is 73.7 cm³/mol. The topological polar surface area (TPSA) is 61.3 Å². The molecule has 3 heteroatoms. The zero-order chi connectivity index (χ0) is 13.0. The van der Waals surface area contributed by atoms with E-state index in [0.717, 1.165) is 17.1 Å². The fourth-order valence-electron chi connectivity index (χ4n) is 1.69. The van der Waals surface area contributed by atoms with Crippen molar-refractivity contribution in [3.63, 3.8) is 0 Å². The summed E-state index contributed by atoms with van der Waals surface area (Å²) in [7, 11) is 0. The van der Waals surface area contributed by atoms with Crippen molar-refractivity contribution in [2.45, 2.75) is 13.0 Å². The lowest BCUT2D eigenvalue weighted by molar-refractivity contribution is 0.481. The second-order valence-electron chi connectivity index (χ2n) is 4.33. The minimum absolute atomic E-state index is 0.147. The van der Waals surface area contributed by atoms with Gasteiger partial charge in [0.2, 0.25) is 0 Å². The van der Waals surface area contributed by atoms with Gasteiger partial charge >= 0.3 is 0 Å². The monoisotopic (exact) mass is 242 g/mol. The van der Waals surface area contributed by atoms with E-state index in [0.29, 0.717) is 6.54 Å². The fourth-order valence-corrected chi connectivity index (χ4v) is 1.69. The average Bonchev–Trinajstić information content (AvgIpc) is 2.41. The summed E-state index contributed by atoms with van der Waals surface area (Å²) in [6, 6.07) is 15.5. The molecule has 1 atom stereocenters. The number of hydrogen-bond acceptors (Lipinski definition) is 3. The van der Waals surface area contributed by atoms with E-state index in [9.17, 15) is 0 Å². The van der Waals surface area contributed by atoms with E-state index >= 15 is 0 Å². The summed E-state index contributed by atoms with van der Waals surface area (Å²) < 4.78 is 5.77. The molecule has 0 heterocycles. The standard InChI is InChI=1S/C15H18N2O/c1-11-5-7-13(8-6-11)18-14-4-2-3-12(9-14)15(17)10-16/h2-9,15H,10,16-17H2,1H3. The van der Waals surface area contributed by atoms with Crippen LogP contribution < -0.4 is 16.2 Å². The first-order chi connectivity index (χ1) is 8.69. The molecular weight excluding hydrogens is 224 g/mol. The van der Waals surface area contributed by atoms with Crippen molar-refractivity contribution < 1.29 is 4.74 Å². The van der Waals surface area contributed by atoms with Crippen molar-refractivity contribution in [1.29, 1.82) is 0 Å². The highest BCUT2D eigenvalue weighted by molar-refractivity contribution is 5.36. The zero-order valence-corrected chi connectivity index (χ0v) is 10.5. The molecular formula is C15H18N2O. The third-order valence-corrected chi connectivity index (χ3v) is 2.80. The lowest BCUT2D eigenvalue weighted by atomic mass is 10.1. The molecule has 2 rings (SSSR count). The number of nitrogens with two attached hydrogens (primary N) is 2. The highest BCUT2D eigenvalue weighted by Crippen LogP contribution is 2.24. The average molecular weight is 242 g/mol. The summed E-state index contributed by atoms with van der Waals surface area (Å²) in [5, 5.41) is 0. The third kappa shape index (κ3) is 3.09. The van der Waals surface area contributed by atoms with E-state index in [2.05, 4.69) is 0 Å². The van der Waals surface area contributed by atoms with Crippen molar-refractivity contribution in [3.8, 4) is 11.5 Å². The second-order valence-corrected chi connectivity index (χ2v) is 4.33. The van der Waals surface area contributed by atoms with Gasteiger partial charge < -0.3 is 16.2 Å². The molecule has 0 radical (unpaired) electrons. The molecule has 18 heavy (non-hydrogen) atoms. The molecule has 0 aromatic heterocycles. The van der Waals surface area contributed by atoms with Crippen LogP contribution in [0.5, 0.6) is 11.5 Å². The summed E-state index contributed by atoms with van der Waals surface area (Å²) in [5.41, 5.74) is 13.7. The molecule has 0 saturated heterocycles. The summed E-state index contributed by atoms with van der Waals surface area (Å²) in [6.07, 6.45) is 0. The maximum absolute atomic E-state index is 5.90. The summed E-state index contributed by atoms with van der Waals surface area (Å²) in [5.74, 6) is 1.60. The first-order valence-electron chi connectivity index (χ1n) is 5.99. The van der Waals surface area contributed by atoms with Gasteiger partial charge in [0.15, 0.2) is 0 Å².